The fourth-order valence-electron chi connectivity index (χ4n) is 2.43. The smallest absolute Gasteiger partial charge is 0.303 e. The van der Waals surface area contributed by atoms with Crippen LogP contribution in [0.3, 0.4) is 0 Å². The van der Waals surface area contributed by atoms with Crippen LogP contribution in [0.2, 0.25) is 5.15 Å². The summed E-state index contributed by atoms with van der Waals surface area (Å²) in [6, 6.07) is 0.323. The summed E-state index contributed by atoms with van der Waals surface area (Å²) < 4.78 is 2.03. The van der Waals surface area contributed by atoms with Crippen molar-refractivity contribution in [2.45, 2.75) is 45.1 Å². The van der Waals surface area contributed by atoms with Crippen LogP contribution in [0, 0.1) is 0 Å². The number of carboxylic acid groups (broad SMARTS) is 1. The molecule has 1 aromatic heterocycles. The first-order valence-electron chi connectivity index (χ1n) is 5.61. The van der Waals surface area contributed by atoms with E-state index in [1.807, 2.05) is 10.8 Å². The summed E-state index contributed by atoms with van der Waals surface area (Å²) >= 11 is 6.28. The molecule has 1 aliphatic rings. The van der Waals surface area contributed by atoms with E-state index in [0.717, 1.165) is 29.1 Å². The lowest BCUT2D eigenvalue weighted by atomic mass is 10.0. The largest absolute Gasteiger partial charge is 0.481 e. The molecule has 1 N–H and O–H groups in total. The highest BCUT2D eigenvalue weighted by atomic mass is 35.5. The van der Waals surface area contributed by atoms with Crippen molar-refractivity contribution < 1.29 is 9.90 Å². The first-order valence-corrected chi connectivity index (χ1v) is 5.99. The highest BCUT2D eigenvalue weighted by Gasteiger charge is 2.29. The maximum absolute atomic E-state index is 10.8. The van der Waals surface area contributed by atoms with Crippen molar-refractivity contribution in [2.24, 2.45) is 0 Å². The van der Waals surface area contributed by atoms with E-state index < -0.39 is 5.97 Å². The molecule has 0 saturated carbocycles. The summed E-state index contributed by atoms with van der Waals surface area (Å²) in [5, 5.41) is 9.63. The Morgan fingerprint density at radius 1 is 1.69 bits per heavy atom. The molecule has 1 unspecified atom stereocenters. The Hall–Kier alpha value is -0.960. The first kappa shape index (κ1) is 11.5. The van der Waals surface area contributed by atoms with Crippen LogP contribution in [-0.4, -0.2) is 15.6 Å². The molecule has 1 aromatic rings. The molecule has 0 aromatic carbocycles. The van der Waals surface area contributed by atoms with E-state index in [-0.39, 0.29) is 12.3 Å². The van der Waals surface area contributed by atoms with Crippen LogP contribution in [0.25, 0.3) is 0 Å². The quantitative estimate of drug-likeness (QED) is 0.883. The Balaban J connectivity index is 2.33. The van der Waals surface area contributed by atoms with Crippen molar-refractivity contribution in [3.63, 3.8) is 0 Å². The second kappa shape index (κ2) is 4.13. The number of aromatic nitrogens is 1. The summed E-state index contributed by atoms with van der Waals surface area (Å²) in [6.45, 7) is 4.15. The van der Waals surface area contributed by atoms with E-state index in [9.17, 15) is 4.79 Å². The first-order chi connectivity index (χ1) is 7.50. The Labute approximate surface area is 100 Å². The molecular weight excluding hydrogens is 226 g/mol. The number of halogens is 1. The molecular formula is C12H16ClNO2. The lowest BCUT2D eigenvalue weighted by Gasteiger charge is -2.11. The molecule has 88 valence electrons. The van der Waals surface area contributed by atoms with E-state index in [1.54, 1.807) is 0 Å². The van der Waals surface area contributed by atoms with Gasteiger partial charge in [-0.3, -0.25) is 4.79 Å². The van der Waals surface area contributed by atoms with Crippen molar-refractivity contribution >= 4 is 17.6 Å². The van der Waals surface area contributed by atoms with Gasteiger partial charge in [-0.25, -0.2) is 0 Å². The monoisotopic (exact) mass is 241 g/mol. The average molecular weight is 242 g/mol. The van der Waals surface area contributed by atoms with Crippen LogP contribution in [0.5, 0.6) is 0 Å². The zero-order valence-electron chi connectivity index (χ0n) is 9.53. The standard InChI is InChI=1S/C12H16ClNO2/c1-7(2)14-6-10-8(5-11(15)16)3-4-9(10)12(14)13/h6-8H,3-5H2,1-2H3,(H,15,16). The fraction of sp³-hybridized carbons (Fsp3) is 0.583. The molecule has 0 saturated heterocycles. The third-order valence-electron chi connectivity index (χ3n) is 3.26. The van der Waals surface area contributed by atoms with Gasteiger partial charge in [0.15, 0.2) is 0 Å². The van der Waals surface area contributed by atoms with Crippen molar-refractivity contribution in [3.05, 3.63) is 22.5 Å². The third kappa shape index (κ3) is 1.84. The predicted molar refractivity (Wildman–Crippen MR) is 63.1 cm³/mol. The highest BCUT2D eigenvalue weighted by molar-refractivity contribution is 6.30. The summed E-state index contributed by atoms with van der Waals surface area (Å²) in [6.07, 6.45) is 4.07. The molecule has 1 atom stereocenters. The number of hydrogen-bond acceptors (Lipinski definition) is 1. The molecule has 0 radical (unpaired) electrons. The zero-order valence-corrected chi connectivity index (χ0v) is 10.3. The molecule has 1 aliphatic carbocycles. The number of carbonyl (C=O) groups is 1. The van der Waals surface area contributed by atoms with E-state index in [2.05, 4.69) is 13.8 Å². The average Bonchev–Trinajstić information content (AvgIpc) is 2.68. The predicted octanol–water partition coefficient (Wildman–Crippen LogP) is 3.23. The fourth-order valence-corrected chi connectivity index (χ4v) is 2.88. The summed E-state index contributed by atoms with van der Waals surface area (Å²) in [4.78, 5) is 10.8. The molecule has 0 aliphatic heterocycles. The molecule has 0 fully saturated rings. The Morgan fingerprint density at radius 3 is 2.94 bits per heavy atom. The van der Waals surface area contributed by atoms with Crippen LogP contribution in [0.15, 0.2) is 6.20 Å². The van der Waals surface area contributed by atoms with Crippen molar-refractivity contribution in [1.82, 2.24) is 4.57 Å². The second-order valence-electron chi connectivity index (χ2n) is 4.69. The second-order valence-corrected chi connectivity index (χ2v) is 5.05. The Kier molecular flexibility index (Phi) is 2.98. The van der Waals surface area contributed by atoms with E-state index in [0.29, 0.717) is 6.04 Å². The van der Waals surface area contributed by atoms with Crippen LogP contribution < -0.4 is 0 Å². The topological polar surface area (TPSA) is 42.2 Å². The lowest BCUT2D eigenvalue weighted by molar-refractivity contribution is -0.137. The lowest BCUT2D eigenvalue weighted by Crippen LogP contribution is -2.04. The number of fused-ring (bicyclic) bond motifs is 1. The van der Waals surface area contributed by atoms with Gasteiger partial charge in [-0.1, -0.05) is 11.6 Å². The molecule has 0 amide bonds. The zero-order chi connectivity index (χ0) is 11.9. The van der Waals surface area contributed by atoms with Gasteiger partial charge in [-0.15, -0.1) is 0 Å². The van der Waals surface area contributed by atoms with Crippen LogP contribution >= 0.6 is 11.6 Å². The van der Waals surface area contributed by atoms with Gasteiger partial charge in [-0.2, -0.15) is 0 Å². The molecule has 0 bridgehead atoms. The molecule has 4 heteroatoms. The number of aliphatic carboxylic acids is 1. The minimum absolute atomic E-state index is 0.144. The van der Waals surface area contributed by atoms with Crippen molar-refractivity contribution in [2.75, 3.05) is 0 Å². The Bertz CT molecular complexity index is 423. The summed E-state index contributed by atoms with van der Waals surface area (Å²) in [5.41, 5.74) is 2.29. The van der Waals surface area contributed by atoms with Gasteiger partial charge in [0, 0.05) is 12.2 Å². The van der Waals surface area contributed by atoms with E-state index in [4.69, 9.17) is 16.7 Å². The van der Waals surface area contributed by atoms with Gasteiger partial charge >= 0.3 is 5.97 Å². The number of carboxylic acids is 1. The molecule has 1 heterocycles. The van der Waals surface area contributed by atoms with Crippen LogP contribution in [0.4, 0.5) is 0 Å². The highest BCUT2D eigenvalue weighted by Crippen LogP contribution is 2.41. The van der Waals surface area contributed by atoms with Gasteiger partial charge < -0.3 is 9.67 Å². The number of hydrogen-bond donors (Lipinski definition) is 1. The van der Waals surface area contributed by atoms with Crippen LogP contribution in [-0.2, 0) is 11.2 Å². The van der Waals surface area contributed by atoms with Gasteiger partial charge in [-0.05, 0) is 43.7 Å². The van der Waals surface area contributed by atoms with E-state index >= 15 is 0 Å². The SMILES string of the molecule is CC(C)n1cc2c(c1Cl)CCC2CC(=O)O. The molecule has 16 heavy (non-hydrogen) atoms. The third-order valence-corrected chi connectivity index (χ3v) is 3.69. The van der Waals surface area contributed by atoms with Crippen molar-refractivity contribution in [3.8, 4) is 0 Å². The maximum atomic E-state index is 10.8. The molecule has 3 nitrogen and oxygen atoms in total. The van der Waals surface area contributed by atoms with Gasteiger partial charge in [0.25, 0.3) is 0 Å². The molecule has 0 spiro atoms. The van der Waals surface area contributed by atoms with Crippen molar-refractivity contribution in [1.29, 1.82) is 0 Å². The summed E-state index contributed by atoms with van der Waals surface area (Å²) in [7, 11) is 0. The normalized spacial score (nSPS) is 19.1. The maximum Gasteiger partial charge on any atom is 0.303 e. The van der Waals surface area contributed by atoms with E-state index in [1.165, 1.54) is 0 Å². The number of rotatable bonds is 3. The molecule has 2 rings (SSSR count). The minimum Gasteiger partial charge on any atom is -0.481 e. The Morgan fingerprint density at radius 2 is 2.38 bits per heavy atom. The minimum atomic E-state index is -0.730. The van der Waals surface area contributed by atoms with Gasteiger partial charge in [0.05, 0.1) is 6.42 Å². The van der Waals surface area contributed by atoms with Gasteiger partial charge in [0.2, 0.25) is 0 Å². The van der Waals surface area contributed by atoms with Crippen LogP contribution in [0.1, 0.15) is 49.8 Å². The summed E-state index contributed by atoms with van der Waals surface area (Å²) in [5.74, 6) is -0.587. The number of nitrogens with zero attached hydrogens (tertiary/aromatic N) is 1. The van der Waals surface area contributed by atoms with Gasteiger partial charge in [0.1, 0.15) is 5.15 Å².